The van der Waals surface area contributed by atoms with Gasteiger partial charge >= 0.3 is 17.9 Å². The van der Waals surface area contributed by atoms with E-state index >= 15 is 0 Å². The Morgan fingerprint density at radius 3 is 2.36 bits per heavy atom. The first-order chi connectivity index (χ1) is 13.2. The molecule has 2 aliphatic heterocycles. The minimum Gasteiger partial charge on any atom is -0.504 e. The van der Waals surface area contributed by atoms with Gasteiger partial charge in [0, 0.05) is 24.5 Å². The van der Waals surface area contributed by atoms with E-state index in [0.29, 0.717) is 21.7 Å². The number of carboxylic acid groups (broad SMARTS) is 3. The van der Waals surface area contributed by atoms with Crippen molar-refractivity contribution in [3.63, 3.8) is 0 Å². The summed E-state index contributed by atoms with van der Waals surface area (Å²) in [6, 6.07) is 0.684. The number of allylic oxidation sites excluding steroid dienone is 1. The molecule has 0 spiro atoms. The molecule has 2 heterocycles. The second kappa shape index (κ2) is 7.24. The summed E-state index contributed by atoms with van der Waals surface area (Å²) in [5, 5.41) is 49.7. The van der Waals surface area contributed by atoms with Gasteiger partial charge < -0.3 is 30.8 Å². The fraction of sp³-hybridized carbons (Fsp3) is 0.278. The normalized spacial score (nSPS) is 24.9. The second-order valence-electron chi connectivity index (χ2n) is 6.70. The fourth-order valence-electron chi connectivity index (χ4n) is 3.52. The van der Waals surface area contributed by atoms with Gasteiger partial charge in [0.2, 0.25) is 0 Å². The van der Waals surface area contributed by atoms with Crippen LogP contribution in [0.5, 0.6) is 11.5 Å². The second-order valence-corrected chi connectivity index (χ2v) is 6.70. The van der Waals surface area contributed by atoms with E-state index in [1.54, 1.807) is 6.08 Å². The van der Waals surface area contributed by atoms with Crippen molar-refractivity contribution in [2.45, 2.75) is 24.9 Å². The van der Waals surface area contributed by atoms with Crippen LogP contribution >= 0.6 is 0 Å². The first kappa shape index (κ1) is 19.2. The number of quaternary nitrogens is 1. The topological polar surface area (TPSA) is 169 Å². The summed E-state index contributed by atoms with van der Waals surface area (Å²) in [4.78, 5) is 34.6. The molecule has 148 valence electrons. The average Bonchev–Trinajstić information content (AvgIpc) is 2.97. The Balaban J connectivity index is 1.92. The predicted molar refractivity (Wildman–Crippen MR) is 93.4 cm³/mol. The molecular weight excluding hydrogens is 372 g/mol. The smallest absolute Gasteiger partial charge is 0.363 e. The first-order valence-electron chi connectivity index (χ1n) is 8.44. The highest BCUT2D eigenvalue weighted by molar-refractivity contribution is 5.89. The maximum absolute atomic E-state index is 11.6. The van der Waals surface area contributed by atoms with Gasteiger partial charge in [0.15, 0.2) is 17.5 Å². The molecule has 10 nitrogen and oxygen atoms in total. The van der Waals surface area contributed by atoms with Crippen molar-refractivity contribution in [3.8, 4) is 11.5 Å². The van der Waals surface area contributed by atoms with Crippen LogP contribution in [0.2, 0.25) is 0 Å². The lowest BCUT2D eigenvalue weighted by Gasteiger charge is -2.23. The van der Waals surface area contributed by atoms with Crippen molar-refractivity contribution in [1.82, 2.24) is 5.32 Å². The van der Waals surface area contributed by atoms with Crippen molar-refractivity contribution >= 4 is 23.6 Å². The van der Waals surface area contributed by atoms with Crippen LogP contribution in [0.15, 0.2) is 35.6 Å². The lowest BCUT2D eigenvalue weighted by Crippen LogP contribution is -3.11. The number of rotatable bonds is 5. The Labute approximate surface area is 158 Å². The quantitative estimate of drug-likeness (QED) is 0.245. The summed E-state index contributed by atoms with van der Waals surface area (Å²) in [6.45, 7) is 0.138. The van der Waals surface area contributed by atoms with Crippen molar-refractivity contribution in [3.05, 3.63) is 41.1 Å². The number of benzene rings is 1. The molecule has 0 fully saturated rings. The van der Waals surface area contributed by atoms with Crippen molar-refractivity contribution in [1.29, 1.82) is 0 Å². The van der Waals surface area contributed by atoms with E-state index < -0.39 is 30.0 Å². The SMILES string of the molecule is O=C(O)C1=CC(=CC[NH+]2c3cc(O)c(O)cc3CC2C(=O)O)CC(C(=O)O)N1. The standard InChI is InChI=1S/C18H18N2O8/c21-14-6-9-5-13(18(27)28)20(12(9)7-15(14)22)2-1-8-3-10(16(23)24)19-11(4-8)17(25)26/h1,3,6-7,11,13,19,21-22H,2,4-5H2,(H,23,24)(H,25,26)(H,27,28)/p+1. The van der Waals surface area contributed by atoms with Gasteiger partial charge in [-0.15, -0.1) is 0 Å². The monoisotopic (exact) mass is 391 g/mol. The van der Waals surface area contributed by atoms with Crippen LogP contribution in [0.3, 0.4) is 0 Å². The molecule has 28 heavy (non-hydrogen) atoms. The summed E-state index contributed by atoms with van der Waals surface area (Å²) >= 11 is 0. The summed E-state index contributed by atoms with van der Waals surface area (Å²) in [5.74, 6) is -4.24. The van der Waals surface area contributed by atoms with Crippen LogP contribution in [0, 0.1) is 0 Å². The van der Waals surface area contributed by atoms with Gasteiger partial charge in [-0.05, 0) is 23.8 Å². The van der Waals surface area contributed by atoms with Crippen LogP contribution in [0.25, 0.3) is 0 Å². The molecule has 1 aromatic carbocycles. The maximum atomic E-state index is 11.6. The fourth-order valence-corrected chi connectivity index (χ4v) is 3.52. The van der Waals surface area contributed by atoms with E-state index in [2.05, 4.69) is 5.32 Å². The van der Waals surface area contributed by atoms with Crippen LogP contribution in [-0.2, 0) is 20.8 Å². The summed E-state index contributed by atoms with van der Waals surface area (Å²) in [7, 11) is 0. The Morgan fingerprint density at radius 1 is 1.07 bits per heavy atom. The molecule has 1 aromatic rings. The molecule has 3 atom stereocenters. The van der Waals surface area contributed by atoms with E-state index in [9.17, 15) is 34.8 Å². The van der Waals surface area contributed by atoms with Gasteiger partial charge in [-0.3, -0.25) is 4.90 Å². The summed E-state index contributed by atoms with van der Waals surface area (Å²) in [5.41, 5.74) is 1.31. The van der Waals surface area contributed by atoms with Gasteiger partial charge in [0.25, 0.3) is 0 Å². The number of nitrogens with one attached hydrogen (secondary N) is 2. The highest BCUT2D eigenvalue weighted by Gasteiger charge is 2.40. The molecular formula is C18H19N2O8+. The number of fused-ring (bicyclic) bond motifs is 1. The number of carbonyl (C=O) groups is 3. The number of phenolic OH excluding ortho intramolecular Hbond substituents is 2. The maximum Gasteiger partial charge on any atom is 0.363 e. The third kappa shape index (κ3) is 3.62. The van der Waals surface area contributed by atoms with Crippen molar-refractivity contribution in [2.75, 3.05) is 6.54 Å². The molecule has 0 aliphatic carbocycles. The molecule has 10 heteroatoms. The van der Waals surface area contributed by atoms with Gasteiger partial charge in [-0.25, -0.2) is 14.4 Å². The number of carboxylic acids is 3. The Bertz CT molecular complexity index is 920. The van der Waals surface area contributed by atoms with Crippen molar-refractivity contribution < 1.29 is 44.8 Å². The van der Waals surface area contributed by atoms with E-state index in [1.165, 1.54) is 18.2 Å². The predicted octanol–water partition coefficient (Wildman–Crippen LogP) is -1.04. The van der Waals surface area contributed by atoms with Crippen LogP contribution in [0.1, 0.15) is 12.0 Å². The number of hydrogen-bond acceptors (Lipinski definition) is 6. The zero-order valence-electron chi connectivity index (χ0n) is 14.5. The summed E-state index contributed by atoms with van der Waals surface area (Å²) < 4.78 is 0. The Kier molecular flexibility index (Phi) is 4.97. The lowest BCUT2D eigenvalue weighted by atomic mass is 9.99. The minimum absolute atomic E-state index is 0.0464. The van der Waals surface area contributed by atoms with Gasteiger partial charge in [0.1, 0.15) is 24.0 Å². The zero-order chi connectivity index (χ0) is 20.6. The van der Waals surface area contributed by atoms with Crippen LogP contribution in [-0.4, -0.2) is 62.1 Å². The average molecular weight is 391 g/mol. The number of aromatic hydroxyl groups is 2. The minimum atomic E-state index is -1.29. The molecule has 0 aromatic heterocycles. The summed E-state index contributed by atoms with van der Waals surface area (Å²) in [6.07, 6.45) is 3.13. The third-order valence-corrected chi connectivity index (χ3v) is 4.90. The van der Waals surface area contributed by atoms with E-state index in [4.69, 9.17) is 5.11 Å². The molecule has 0 saturated heterocycles. The van der Waals surface area contributed by atoms with Gasteiger partial charge in [-0.1, -0.05) is 0 Å². The first-order valence-corrected chi connectivity index (χ1v) is 8.44. The number of hydrogen-bond donors (Lipinski definition) is 7. The third-order valence-electron chi connectivity index (χ3n) is 4.90. The van der Waals surface area contributed by atoms with Gasteiger partial charge in [0.05, 0.1) is 0 Å². The molecule has 0 bridgehead atoms. The van der Waals surface area contributed by atoms with Crippen LogP contribution < -0.4 is 10.2 Å². The van der Waals surface area contributed by atoms with E-state index in [0.717, 1.165) is 0 Å². The highest BCUT2D eigenvalue weighted by Crippen LogP contribution is 2.32. The molecule has 2 aliphatic rings. The largest absolute Gasteiger partial charge is 0.504 e. The van der Waals surface area contributed by atoms with Gasteiger partial charge in [-0.2, -0.15) is 0 Å². The van der Waals surface area contributed by atoms with E-state index in [-0.39, 0.29) is 36.6 Å². The van der Waals surface area contributed by atoms with E-state index in [1.807, 2.05) is 0 Å². The Morgan fingerprint density at radius 2 is 1.75 bits per heavy atom. The molecule has 7 N–H and O–H groups in total. The molecule has 3 unspecified atom stereocenters. The molecule has 0 radical (unpaired) electrons. The number of aliphatic carboxylic acids is 3. The number of phenols is 2. The molecule has 3 rings (SSSR count). The Hall–Kier alpha value is -3.53. The zero-order valence-corrected chi connectivity index (χ0v) is 14.5. The highest BCUT2D eigenvalue weighted by atomic mass is 16.4. The van der Waals surface area contributed by atoms with Crippen LogP contribution in [0.4, 0.5) is 5.69 Å². The lowest BCUT2D eigenvalue weighted by molar-refractivity contribution is -0.838. The molecule has 0 saturated carbocycles. The van der Waals surface area contributed by atoms with Crippen molar-refractivity contribution in [2.24, 2.45) is 0 Å². The molecule has 0 amide bonds.